The first kappa shape index (κ1) is 27.7. The number of aliphatic carboxylic acids is 1. The molecule has 0 radical (unpaired) electrons. The molecular formula is C22H31NO10. The normalized spacial score (nSPS) is 12.2. The topological polar surface area (TPSA) is 147 Å². The maximum absolute atomic E-state index is 11.8. The smallest absolute Gasteiger partial charge is 0.480 e. The van der Waals surface area contributed by atoms with E-state index in [2.05, 4.69) is 5.32 Å². The molecule has 0 aliphatic carbocycles. The molecule has 1 rings (SSSR count). The fraction of sp³-hybridized carbons (Fsp3) is 0.545. The Hall–Kier alpha value is -3.34. The van der Waals surface area contributed by atoms with Crippen LogP contribution in [0.5, 0.6) is 11.5 Å². The van der Waals surface area contributed by atoms with E-state index in [9.17, 15) is 24.3 Å². The van der Waals surface area contributed by atoms with E-state index in [1.807, 2.05) is 6.92 Å². The molecule has 0 bridgehead atoms. The van der Waals surface area contributed by atoms with Crippen molar-refractivity contribution in [1.29, 1.82) is 0 Å². The Balaban J connectivity index is 2.94. The van der Waals surface area contributed by atoms with E-state index >= 15 is 0 Å². The van der Waals surface area contributed by atoms with Crippen molar-refractivity contribution in [2.75, 3.05) is 19.8 Å². The molecule has 0 aliphatic rings. The van der Waals surface area contributed by atoms with E-state index in [4.69, 9.17) is 23.7 Å². The van der Waals surface area contributed by atoms with Crippen molar-refractivity contribution in [2.24, 2.45) is 0 Å². The van der Waals surface area contributed by atoms with Crippen LogP contribution in [0, 0.1) is 0 Å². The summed E-state index contributed by atoms with van der Waals surface area (Å²) in [6.07, 6.45) is -1.58. The molecule has 0 spiro atoms. The number of esters is 1. The van der Waals surface area contributed by atoms with Crippen LogP contribution in [0.15, 0.2) is 18.2 Å². The molecule has 184 valence electrons. The molecule has 1 unspecified atom stereocenters. The number of hydrogen-bond acceptors (Lipinski definition) is 10. The van der Waals surface area contributed by atoms with Crippen LogP contribution >= 0.6 is 0 Å². The lowest BCUT2D eigenvalue weighted by Crippen LogP contribution is -2.42. The van der Waals surface area contributed by atoms with Crippen LogP contribution in [0.4, 0.5) is 9.59 Å². The lowest BCUT2D eigenvalue weighted by atomic mass is 10.0. The van der Waals surface area contributed by atoms with Gasteiger partial charge in [-0.15, -0.1) is 0 Å². The zero-order chi connectivity index (χ0) is 24.8. The van der Waals surface area contributed by atoms with E-state index in [0.717, 1.165) is 0 Å². The van der Waals surface area contributed by atoms with Gasteiger partial charge in [0.25, 0.3) is 0 Å². The Bertz CT molecular complexity index is 810. The highest BCUT2D eigenvalue weighted by molar-refractivity contribution is 5.74. The van der Waals surface area contributed by atoms with Gasteiger partial charge in [-0.2, -0.15) is 0 Å². The average Bonchev–Trinajstić information content (AvgIpc) is 2.73. The number of carboxylic acid groups (broad SMARTS) is 1. The summed E-state index contributed by atoms with van der Waals surface area (Å²) in [4.78, 5) is 46.7. The Kier molecular flexibility index (Phi) is 12.3. The molecule has 2 N–H and O–H groups in total. The minimum atomic E-state index is -1.12. The van der Waals surface area contributed by atoms with Gasteiger partial charge in [0.15, 0.2) is 11.5 Å². The third-order valence-electron chi connectivity index (χ3n) is 4.10. The first-order valence-electron chi connectivity index (χ1n) is 10.7. The van der Waals surface area contributed by atoms with Crippen molar-refractivity contribution in [3.8, 4) is 11.5 Å². The quantitative estimate of drug-likeness (QED) is 0.249. The molecule has 2 atom stereocenters. The van der Waals surface area contributed by atoms with Crippen molar-refractivity contribution < 1.29 is 48.0 Å². The fourth-order valence-electron chi connectivity index (χ4n) is 2.64. The van der Waals surface area contributed by atoms with Crippen LogP contribution in [-0.4, -0.2) is 61.3 Å². The molecule has 0 amide bonds. The van der Waals surface area contributed by atoms with Crippen molar-refractivity contribution >= 4 is 24.2 Å². The molecule has 0 heterocycles. The summed E-state index contributed by atoms with van der Waals surface area (Å²) in [6, 6.07) is 3.22. The van der Waals surface area contributed by atoms with Gasteiger partial charge in [-0.1, -0.05) is 13.0 Å². The second kappa shape index (κ2) is 14.7. The van der Waals surface area contributed by atoms with E-state index in [1.54, 1.807) is 20.8 Å². The summed E-state index contributed by atoms with van der Waals surface area (Å²) >= 11 is 0. The van der Waals surface area contributed by atoms with Crippen molar-refractivity contribution in [3.63, 3.8) is 0 Å². The summed E-state index contributed by atoms with van der Waals surface area (Å²) < 4.78 is 24.8. The molecule has 0 saturated heterocycles. The Morgan fingerprint density at radius 3 is 2.12 bits per heavy atom. The monoisotopic (exact) mass is 469 g/mol. The van der Waals surface area contributed by atoms with Gasteiger partial charge >= 0.3 is 24.2 Å². The third kappa shape index (κ3) is 10.7. The van der Waals surface area contributed by atoms with Crippen LogP contribution in [0.2, 0.25) is 0 Å². The summed E-state index contributed by atoms with van der Waals surface area (Å²) in [5.74, 6) is -1.70. The highest BCUT2D eigenvalue weighted by Gasteiger charge is 2.22. The SMILES string of the molecule is CCCC(=O)OC(C)CN[C@@H](Cc1ccc(OC(=O)OCC)c(OC(=O)OCC)c1)C(=O)O. The molecule has 0 fully saturated rings. The number of benzene rings is 1. The van der Waals surface area contributed by atoms with Gasteiger partial charge in [-0.05, 0) is 51.3 Å². The zero-order valence-electron chi connectivity index (χ0n) is 19.3. The van der Waals surface area contributed by atoms with Gasteiger partial charge in [-0.25, -0.2) is 9.59 Å². The largest absolute Gasteiger partial charge is 0.513 e. The molecule has 11 heteroatoms. The summed E-state index contributed by atoms with van der Waals surface area (Å²) in [6.45, 7) is 6.99. The first-order valence-corrected chi connectivity index (χ1v) is 10.7. The number of rotatable bonds is 13. The minimum Gasteiger partial charge on any atom is -0.480 e. The molecule has 0 aliphatic heterocycles. The van der Waals surface area contributed by atoms with Crippen LogP contribution in [0.1, 0.15) is 46.1 Å². The molecule has 1 aromatic rings. The molecule has 0 aromatic heterocycles. The lowest BCUT2D eigenvalue weighted by molar-refractivity contribution is -0.148. The van der Waals surface area contributed by atoms with Crippen molar-refractivity contribution in [2.45, 2.75) is 59.1 Å². The second-order valence-corrected chi connectivity index (χ2v) is 6.90. The highest BCUT2D eigenvalue weighted by atomic mass is 16.7. The number of carbonyl (C=O) groups is 4. The van der Waals surface area contributed by atoms with Crippen molar-refractivity contribution in [1.82, 2.24) is 5.32 Å². The number of hydrogen-bond donors (Lipinski definition) is 2. The summed E-state index contributed by atoms with van der Waals surface area (Å²) in [5.41, 5.74) is 0.473. The zero-order valence-corrected chi connectivity index (χ0v) is 19.3. The molecule has 1 aromatic carbocycles. The molecule has 11 nitrogen and oxygen atoms in total. The van der Waals surface area contributed by atoms with Crippen LogP contribution in [0.3, 0.4) is 0 Å². The van der Waals surface area contributed by atoms with Crippen LogP contribution < -0.4 is 14.8 Å². The fourth-order valence-corrected chi connectivity index (χ4v) is 2.64. The van der Waals surface area contributed by atoms with Crippen LogP contribution in [0.25, 0.3) is 0 Å². The standard InChI is InChI=1S/C22H31NO10/c1-5-8-19(24)31-14(4)13-23-16(20(25)26)11-15-9-10-17(32-21(27)29-6-2)18(12-15)33-22(28)30-7-3/h9-10,12,14,16,23H,5-8,11,13H2,1-4H3,(H,25,26)/t14?,16-/m0/s1. The van der Waals surface area contributed by atoms with E-state index in [0.29, 0.717) is 12.0 Å². The highest BCUT2D eigenvalue weighted by Crippen LogP contribution is 2.30. The second-order valence-electron chi connectivity index (χ2n) is 6.90. The van der Waals surface area contributed by atoms with Crippen LogP contribution in [-0.2, 0) is 30.2 Å². The van der Waals surface area contributed by atoms with E-state index < -0.39 is 30.4 Å². The van der Waals surface area contributed by atoms with Gasteiger partial charge in [0.1, 0.15) is 12.1 Å². The van der Waals surface area contributed by atoms with Gasteiger partial charge in [0.2, 0.25) is 0 Å². The Morgan fingerprint density at radius 1 is 0.970 bits per heavy atom. The van der Waals surface area contributed by atoms with Gasteiger partial charge in [0.05, 0.1) is 13.2 Å². The summed E-state index contributed by atoms with van der Waals surface area (Å²) in [7, 11) is 0. The molecular weight excluding hydrogens is 438 g/mol. The lowest BCUT2D eigenvalue weighted by Gasteiger charge is -2.19. The van der Waals surface area contributed by atoms with Gasteiger partial charge in [-0.3, -0.25) is 9.59 Å². The average molecular weight is 469 g/mol. The van der Waals surface area contributed by atoms with Gasteiger partial charge < -0.3 is 34.1 Å². The Morgan fingerprint density at radius 2 is 1.58 bits per heavy atom. The van der Waals surface area contributed by atoms with E-state index in [-0.39, 0.29) is 50.1 Å². The Labute approximate surface area is 192 Å². The predicted octanol–water partition coefficient (Wildman–Crippen LogP) is 3.07. The number of nitrogens with one attached hydrogen (secondary N) is 1. The molecule has 33 heavy (non-hydrogen) atoms. The third-order valence-corrected chi connectivity index (χ3v) is 4.10. The predicted molar refractivity (Wildman–Crippen MR) is 115 cm³/mol. The number of carbonyl (C=O) groups excluding carboxylic acids is 3. The van der Waals surface area contributed by atoms with Gasteiger partial charge in [0, 0.05) is 13.0 Å². The first-order chi connectivity index (χ1) is 15.7. The number of ether oxygens (including phenoxy) is 5. The maximum atomic E-state index is 11.8. The van der Waals surface area contributed by atoms with Crippen molar-refractivity contribution in [3.05, 3.63) is 23.8 Å². The summed E-state index contributed by atoms with van der Waals surface area (Å²) in [5, 5.41) is 12.4. The maximum Gasteiger partial charge on any atom is 0.513 e. The molecule has 0 saturated carbocycles. The van der Waals surface area contributed by atoms with E-state index in [1.165, 1.54) is 18.2 Å². The minimum absolute atomic E-state index is 0.00380. The number of carboxylic acids is 1.